The first-order valence-electron chi connectivity index (χ1n) is 6.52. The van der Waals surface area contributed by atoms with Gasteiger partial charge in [-0.1, -0.05) is 35.9 Å². The van der Waals surface area contributed by atoms with E-state index in [-0.39, 0.29) is 18.3 Å². The summed E-state index contributed by atoms with van der Waals surface area (Å²) in [6, 6.07) is 12.8. The second-order valence-electron chi connectivity index (χ2n) is 5.07. The van der Waals surface area contributed by atoms with Gasteiger partial charge in [0.05, 0.1) is 6.61 Å². The van der Waals surface area contributed by atoms with Gasteiger partial charge in [0.25, 0.3) is 0 Å². The average molecular weight is 258 g/mol. The predicted molar refractivity (Wildman–Crippen MR) is 75.8 cm³/mol. The van der Waals surface area contributed by atoms with E-state index in [1.165, 1.54) is 28.8 Å². The Morgan fingerprint density at radius 3 is 2.58 bits per heavy atom. The molecule has 1 atom stereocenters. The van der Waals surface area contributed by atoms with Gasteiger partial charge in [0.1, 0.15) is 5.82 Å². The van der Waals surface area contributed by atoms with Crippen LogP contribution in [-0.4, -0.2) is 11.7 Å². The highest BCUT2D eigenvalue weighted by atomic mass is 19.1. The molecule has 0 aliphatic carbocycles. The zero-order chi connectivity index (χ0) is 13.8. The van der Waals surface area contributed by atoms with Crippen molar-refractivity contribution >= 4 is 0 Å². The number of aliphatic hydroxyl groups is 1. The van der Waals surface area contributed by atoms with Gasteiger partial charge in [-0.3, -0.25) is 0 Å². The van der Waals surface area contributed by atoms with Gasteiger partial charge in [-0.05, 0) is 49.1 Å². The third-order valence-electron chi connectivity index (χ3n) is 3.51. The number of aryl methyl sites for hydroxylation is 2. The molecule has 2 aromatic carbocycles. The molecule has 0 radical (unpaired) electrons. The van der Waals surface area contributed by atoms with Crippen LogP contribution in [0, 0.1) is 19.7 Å². The molecule has 0 aliphatic heterocycles. The fourth-order valence-corrected chi connectivity index (χ4v) is 2.33. The highest BCUT2D eigenvalue weighted by molar-refractivity contribution is 5.33. The molecule has 2 heteroatoms. The Morgan fingerprint density at radius 1 is 1.11 bits per heavy atom. The molecule has 1 nitrogen and oxygen atoms in total. The number of hydrogen-bond acceptors (Lipinski definition) is 1. The van der Waals surface area contributed by atoms with Crippen molar-refractivity contribution in [2.24, 2.45) is 0 Å². The van der Waals surface area contributed by atoms with E-state index in [0.29, 0.717) is 0 Å². The van der Waals surface area contributed by atoms with Crippen LogP contribution >= 0.6 is 0 Å². The molecule has 0 saturated carbocycles. The van der Waals surface area contributed by atoms with Crippen molar-refractivity contribution < 1.29 is 9.50 Å². The zero-order valence-electron chi connectivity index (χ0n) is 11.4. The van der Waals surface area contributed by atoms with Crippen molar-refractivity contribution in [3.8, 4) is 0 Å². The largest absolute Gasteiger partial charge is 0.396 e. The van der Waals surface area contributed by atoms with Crippen LogP contribution < -0.4 is 0 Å². The van der Waals surface area contributed by atoms with E-state index in [9.17, 15) is 9.50 Å². The summed E-state index contributed by atoms with van der Waals surface area (Å²) in [5.41, 5.74) is 4.48. The van der Waals surface area contributed by atoms with E-state index >= 15 is 0 Å². The van der Waals surface area contributed by atoms with E-state index in [2.05, 4.69) is 32.0 Å². The highest BCUT2D eigenvalue weighted by Gasteiger charge is 2.13. The van der Waals surface area contributed by atoms with Gasteiger partial charge >= 0.3 is 0 Å². The third-order valence-corrected chi connectivity index (χ3v) is 3.51. The summed E-state index contributed by atoms with van der Waals surface area (Å²) in [6.07, 6.45) is 0.730. The normalized spacial score (nSPS) is 12.4. The Kier molecular flexibility index (Phi) is 4.33. The lowest BCUT2D eigenvalue weighted by Gasteiger charge is -2.17. The fraction of sp³-hybridized carbons (Fsp3) is 0.294. The van der Waals surface area contributed by atoms with Crippen LogP contribution in [0.25, 0.3) is 0 Å². The van der Waals surface area contributed by atoms with Crippen molar-refractivity contribution in [2.45, 2.75) is 26.2 Å². The summed E-state index contributed by atoms with van der Waals surface area (Å²) in [5.74, 6) is -0.312. The van der Waals surface area contributed by atoms with Crippen LogP contribution in [0.15, 0.2) is 42.5 Å². The van der Waals surface area contributed by atoms with E-state index in [0.717, 1.165) is 12.0 Å². The number of hydrogen-bond donors (Lipinski definition) is 1. The van der Waals surface area contributed by atoms with Gasteiger partial charge in [0.2, 0.25) is 0 Å². The molecular formula is C17H19FO. The van der Waals surface area contributed by atoms with Crippen LogP contribution in [0.3, 0.4) is 0 Å². The quantitative estimate of drug-likeness (QED) is 0.885. The molecule has 0 bridgehead atoms. The highest BCUT2D eigenvalue weighted by Crippen LogP contribution is 2.23. The van der Waals surface area contributed by atoms with Gasteiger partial charge in [-0.15, -0.1) is 0 Å². The lowest BCUT2D eigenvalue weighted by Crippen LogP contribution is -2.09. The molecule has 19 heavy (non-hydrogen) atoms. The number of rotatable bonds is 4. The van der Waals surface area contributed by atoms with Crippen molar-refractivity contribution in [1.29, 1.82) is 0 Å². The maximum atomic E-state index is 13.3. The van der Waals surface area contributed by atoms with Crippen LogP contribution in [0.2, 0.25) is 0 Å². The Labute approximate surface area is 113 Å². The lowest BCUT2D eigenvalue weighted by atomic mass is 9.90. The first kappa shape index (κ1) is 13.8. The van der Waals surface area contributed by atoms with Crippen LogP contribution in [0.5, 0.6) is 0 Å². The van der Waals surface area contributed by atoms with Gasteiger partial charge in [0, 0.05) is 5.92 Å². The smallest absolute Gasteiger partial charge is 0.123 e. The Morgan fingerprint density at radius 2 is 1.89 bits per heavy atom. The molecule has 0 aliphatic rings. The molecule has 2 rings (SSSR count). The monoisotopic (exact) mass is 258 g/mol. The van der Waals surface area contributed by atoms with E-state index < -0.39 is 0 Å². The van der Waals surface area contributed by atoms with Crippen molar-refractivity contribution in [2.75, 3.05) is 6.61 Å². The lowest BCUT2D eigenvalue weighted by molar-refractivity contribution is 0.264. The third kappa shape index (κ3) is 3.42. The SMILES string of the molecule is Cc1ccc(C)c(CC(CO)c2cccc(F)c2)c1. The molecule has 1 unspecified atom stereocenters. The minimum absolute atomic E-state index is 0.0246. The summed E-state index contributed by atoms with van der Waals surface area (Å²) in [4.78, 5) is 0. The van der Waals surface area contributed by atoms with Gasteiger partial charge in [-0.25, -0.2) is 4.39 Å². The molecule has 0 amide bonds. The molecule has 2 aromatic rings. The predicted octanol–water partition coefficient (Wildman–Crippen LogP) is 3.76. The first-order chi connectivity index (χ1) is 9.10. The summed E-state index contributed by atoms with van der Waals surface area (Å²) in [6.45, 7) is 4.14. The molecule has 0 saturated heterocycles. The minimum atomic E-state index is -0.253. The maximum absolute atomic E-state index is 13.3. The summed E-state index contributed by atoms with van der Waals surface area (Å²) in [7, 11) is 0. The second-order valence-corrected chi connectivity index (χ2v) is 5.07. The molecule has 0 aromatic heterocycles. The Balaban J connectivity index is 2.26. The molecule has 0 spiro atoms. The average Bonchev–Trinajstić information content (AvgIpc) is 2.39. The number of halogens is 1. The standard InChI is InChI=1S/C17H19FO/c1-12-6-7-13(2)15(8-12)9-16(11-19)14-4-3-5-17(18)10-14/h3-8,10,16,19H,9,11H2,1-2H3. The van der Waals surface area contributed by atoms with E-state index in [1.54, 1.807) is 6.07 Å². The van der Waals surface area contributed by atoms with Crippen molar-refractivity contribution in [1.82, 2.24) is 0 Å². The Hall–Kier alpha value is -1.67. The molecular weight excluding hydrogens is 239 g/mol. The summed E-state index contributed by atoms with van der Waals surface area (Å²) < 4.78 is 13.3. The molecule has 1 N–H and O–H groups in total. The molecule has 100 valence electrons. The maximum Gasteiger partial charge on any atom is 0.123 e. The van der Waals surface area contributed by atoms with E-state index in [1.807, 2.05) is 6.07 Å². The van der Waals surface area contributed by atoms with Crippen molar-refractivity contribution in [3.63, 3.8) is 0 Å². The number of aliphatic hydroxyl groups excluding tert-OH is 1. The second kappa shape index (κ2) is 5.98. The van der Waals surface area contributed by atoms with Gasteiger partial charge in [-0.2, -0.15) is 0 Å². The van der Waals surface area contributed by atoms with Gasteiger partial charge in [0.15, 0.2) is 0 Å². The van der Waals surface area contributed by atoms with Gasteiger partial charge < -0.3 is 5.11 Å². The number of benzene rings is 2. The fourth-order valence-electron chi connectivity index (χ4n) is 2.33. The van der Waals surface area contributed by atoms with Crippen LogP contribution in [0.1, 0.15) is 28.2 Å². The Bertz CT molecular complexity index is 563. The molecule has 0 heterocycles. The summed E-state index contributed by atoms with van der Waals surface area (Å²) in [5, 5.41) is 9.57. The summed E-state index contributed by atoms with van der Waals surface area (Å²) >= 11 is 0. The van der Waals surface area contributed by atoms with Crippen LogP contribution in [0.4, 0.5) is 4.39 Å². The minimum Gasteiger partial charge on any atom is -0.396 e. The molecule has 0 fully saturated rings. The van der Waals surface area contributed by atoms with Crippen molar-refractivity contribution in [3.05, 3.63) is 70.5 Å². The zero-order valence-corrected chi connectivity index (χ0v) is 11.4. The topological polar surface area (TPSA) is 20.2 Å². The van der Waals surface area contributed by atoms with E-state index in [4.69, 9.17) is 0 Å². The first-order valence-corrected chi connectivity index (χ1v) is 6.52. The van der Waals surface area contributed by atoms with Crippen LogP contribution in [-0.2, 0) is 6.42 Å².